The molecule has 1 unspecified atom stereocenters. The fourth-order valence-corrected chi connectivity index (χ4v) is 3.97. The van der Waals surface area contributed by atoms with E-state index in [2.05, 4.69) is 38.1 Å². The van der Waals surface area contributed by atoms with E-state index in [0.717, 1.165) is 30.1 Å². The first-order valence-corrected chi connectivity index (χ1v) is 9.44. The smallest absolute Gasteiger partial charge is 0.119 e. The van der Waals surface area contributed by atoms with Crippen LogP contribution in [0.1, 0.15) is 71.3 Å². The molecular formula is C21H34O. The molecule has 2 rings (SSSR count). The van der Waals surface area contributed by atoms with Crippen molar-refractivity contribution in [1.82, 2.24) is 0 Å². The molecule has 0 amide bonds. The second-order valence-corrected chi connectivity index (χ2v) is 7.18. The predicted molar refractivity (Wildman–Crippen MR) is 95.5 cm³/mol. The Morgan fingerprint density at radius 2 is 1.73 bits per heavy atom. The van der Waals surface area contributed by atoms with Gasteiger partial charge in [-0.1, -0.05) is 58.1 Å². The highest BCUT2D eigenvalue weighted by atomic mass is 16.5. The Balaban J connectivity index is 1.76. The third-order valence-corrected chi connectivity index (χ3v) is 5.45. The quantitative estimate of drug-likeness (QED) is 0.550. The molecule has 0 radical (unpaired) electrons. The van der Waals surface area contributed by atoms with Gasteiger partial charge in [-0.25, -0.2) is 0 Å². The largest absolute Gasteiger partial charge is 0.494 e. The van der Waals surface area contributed by atoms with Gasteiger partial charge in [-0.2, -0.15) is 0 Å². The van der Waals surface area contributed by atoms with Gasteiger partial charge in [-0.15, -0.1) is 0 Å². The fraction of sp³-hybridized carbons (Fsp3) is 0.714. The van der Waals surface area contributed by atoms with Crippen LogP contribution in [0.2, 0.25) is 0 Å². The van der Waals surface area contributed by atoms with Crippen LogP contribution in [0.4, 0.5) is 0 Å². The summed E-state index contributed by atoms with van der Waals surface area (Å²) in [6.07, 6.45) is 11.3. The molecule has 0 aliphatic heterocycles. The molecule has 0 saturated heterocycles. The average Bonchev–Trinajstić information content (AvgIpc) is 2.55. The summed E-state index contributed by atoms with van der Waals surface area (Å²) in [6.45, 7) is 7.54. The van der Waals surface area contributed by atoms with E-state index in [0.29, 0.717) is 0 Å². The second kappa shape index (κ2) is 9.22. The van der Waals surface area contributed by atoms with Crippen LogP contribution in [0.25, 0.3) is 0 Å². The van der Waals surface area contributed by atoms with Gasteiger partial charge in [0.1, 0.15) is 5.75 Å². The molecule has 0 bridgehead atoms. The molecule has 1 fully saturated rings. The van der Waals surface area contributed by atoms with Crippen molar-refractivity contribution in [3.8, 4) is 5.75 Å². The first-order valence-electron chi connectivity index (χ1n) is 9.44. The molecular weight excluding hydrogens is 268 g/mol. The average molecular weight is 303 g/mol. The van der Waals surface area contributed by atoms with Gasteiger partial charge >= 0.3 is 0 Å². The Hall–Kier alpha value is -0.980. The van der Waals surface area contributed by atoms with Crippen LogP contribution in [0.15, 0.2) is 24.3 Å². The van der Waals surface area contributed by atoms with E-state index in [1.807, 2.05) is 6.92 Å². The molecule has 1 atom stereocenters. The van der Waals surface area contributed by atoms with Crippen LogP contribution < -0.4 is 4.74 Å². The summed E-state index contributed by atoms with van der Waals surface area (Å²) in [6, 6.07) is 8.73. The van der Waals surface area contributed by atoms with E-state index in [9.17, 15) is 0 Å². The standard InChI is InChI=1S/C21H34O/c1-4-6-7-18-8-12-20(13-9-18)17(3)16-19-10-14-21(15-11-19)22-5-2/h10-11,14-15,17-18,20H,4-9,12-13,16H2,1-3H3. The summed E-state index contributed by atoms with van der Waals surface area (Å²) >= 11 is 0. The Bertz CT molecular complexity index is 400. The second-order valence-electron chi connectivity index (χ2n) is 7.18. The normalized spacial score (nSPS) is 23.2. The molecule has 0 spiro atoms. The lowest BCUT2D eigenvalue weighted by Crippen LogP contribution is -2.21. The van der Waals surface area contributed by atoms with Crippen molar-refractivity contribution < 1.29 is 4.74 Å². The van der Waals surface area contributed by atoms with Gasteiger partial charge in [0.15, 0.2) is 0 Å². The topological polar surface area (TPSA) is 9.23 Å². The fourth-order valence-electron chi connectivity index (χ4n) is 3.97. The summed E-state index contributed by atoms with van der Waals surface area (Å²) in [5, 5.41) is 0. The first kappa shape index (κ1) is 17.4. The summed E-state index contributed by atoms with van der Waals surface area (Å²) in [5.74, 6) is 3.76. The maximum atomic E-state index is 5.53. The summed E-state index contributed by atoms with van der Waals surface area (Å²) < 4.78 is 5.53. The number of hydrogen-bond acceptors (Lipinski definition) is 1. The Kier molecular flexibility index (Phi) is 7.29. The van der Waals surface area contributed by atoms with Crippen molar-refractivity contribution in [2.24, 2.45) is 17.8 Å². The molecule has 0 heterocycles. The molecule has 1 aromatic carbocycles. The molecule has 0 N–H and O–H groups in total. The zero-order valence-electron chi connectivity index (χ0n) is 14.8. The zero-order chi connectivity index (χ0) is 15.8. The molecule has 1 saturated carbocycles. The number of benzene rings is 1. The van der Waals surface area contributed by atoms with Gasteiger partial charge in [-0.05, 0) is 61.6 Å². The van der Waals surface area contributed by atoms with E-state index in [1.165, 1.54) is 56.9 Å². The van der Waals surface area contributed by atoms with Gasteiger partial charge in [0, 0.05) is 0 Å². The van der Waals surface area contributed by atoms with E-state index in [-0.39, 0.29) is 0 Å². The number of unbranched alkanes of at least 4 members (excludes halogenated alkanes) is 1. The maximum absolute atomic E-state index is 5.53. The van der Waals surface area contributed by atoms with Crippen molar-refractivity contribution in [3.05, 3.63) is 29.8 Å². The highest BCUT2D eigenvalue weighted by Gasteiger charge is 2.24. The number of rotatable bonds is 8. The van der Waals surface area contributed by atoms with Crippen LogP contribution in [-0.4, -0.2) is 6.61 Å². The third kappa shape index (κ3) is 5.34. The van der Waals surface area contributed by atoms with Gasteiger partial charge in [-0.3, -0.25) is 0 Å². The predicted octanol–water partition coefficient (Wildman–Crippen LogP) is 6.26. The van der Waals surface area contributed by atoms with Gasteiger partial charge < -0.3 is 4.74 Å². The molecule has 1 heteroatoms. The lowest BCUT2D eigenvalue weighted by Gasteiger charge is -2.32. The minimum absolute atomic E-state index is 0.747. The molecule has 124 valence electrons. The lowest BCUT2D eigenvalue weighted by molar-refractivity contribution is 0.204. The van der Waals surface area contributed by atoms with Crippen molar-refractivity contribution in [1.29, 1.82) is 0 Å². The van der Waals surface area contributed by atoms with Crippen molar-refractivity contribution in [2.75, 3.05) is 6.61 Å². The highest BCUT2D eigenvalue weighted by molar-refractivity contribution is 5.27. The maximum Gasteiger partial charge on any atom is 0.119 e. The summed E-state index contributed by atoms with van der Waals surface area (Å²) in [5.41, 5.74) is 1.46. The molecule has 1 nitrogen and oxygen atoms in total. The summed E-state index contributed by atoms with van der Waals surface area (Å²) in [7, 11) is 0. The zero-order valence-corrected chi connectivity index (χ0v) is 14.8. The third-order valence-electron chi connectivity index (χ3n) is 5.45. The Labute approximate surface area is 137 Å². The Morgan fingerprint density at radius 3 is 2.32 bits per heavy atom. The van der Waals surface area contributed by atoms with Crippen molar-refractivity contribution in [3.63, 3.8) is 0 Å². The monoisotopic (exact) mass is 302 g/mol. The van der Waals surface area contributed by atoms with Gasteiger partial charge in [0.2, 0.25) is 0 Å². The van der Waals surface area contributed by atoms with Crippen molar-refractivity contribution in [2.45, 2.75) is 72.1 Å². The summed E-state index contributed by atoms with van der Waals surface area (Å²) in [4.78, 5) is 0. The first-order chi connectivity index (χ1) is 10.7. The highest BCUT2D eigenvalue weighted by Crippen LogP contribution is 2.36. The molecule has 0 aromatic heterocycles. The van der Waals surface area contributed by atoms with E-state index < -0.39 is 0 Å². The van der Waals surface area contributed by atoms with Gasteiger partial charge in [0.05, 0.1) is 6.61 Å². The molecule has 1 aliphatic rings. The van der Waals surface area contributed by atoms with Gasteiger partial charge in [0.25, 0.3) is 0 Å². The molecule has 1 aliphatic carbocycles. The van der Waals surface area contributed by atoms with E-state index in [1.54, 1.807) is 0 Å². The van der Waals surface area contributed by atoms with Crippen LogP contribution in [0.3, 0.4) is 0 Å². The minimum atomic E-state index is 0.747. The molecule has 1 aromatic rings. The van der Waals surface area contributed by atoms with E-state index in [4.69, 9.17) is 4.74 Å². The van der Waals surface area contributed by atoms with Crippen LogP contribution in [0, 0.1) is 17.8 Å². The van der Waals surface area contributed by atoms with Crippen LogP contribution in [-0.2, 0) is 6.42 Å². The number of hydrogen-bond donors (Lipinski definition) is 0. The van der Waals surface area contributed by atoms with Crippen LogP contribution in [0.5, 0.6) is 5.75 Å². The SMILES string of the molecule is CCCCC1CCC(C(C)Cc2ccc(OCC)cc2)CC1. The number of ether oxygens (including phenoxy) is 1. The van der Waals surface area contributed by atoms with Crippen molar-refractivity contribution >= 4 is 0 Å². The lowest BCUT2D eigenvalue weighted by atomic mass is 9.73. The Morgan fingerprint density at radius 1 is 1.05 bits per heavy atom. The molecule has 22 heavy (non-hydrogen) atoms. The van der Waals surface area contributed by atoms with E-state index >= 15 is 0 Å². The van der Waals surface area contributed by atoms with Crippen LogP contribution >= 0.6 is 0 Å². The minimum Gasteiger partial charge on any atom is -0.494 e.